The number of hydrogen-bond acceptors (Lipinski definition) is 4. The Morgan fingerprint density at radius 1 is 1.29 bits per heavy atom. The zero-order valence-electron chi connectivity index (χ0n) is 12.5. The first-order chi connectivity index (χ1) is 11.1. The Labute approximate surface area is 141 Å². The van der Waals surface area contributed by atoms with E-state index < -0.39 is 18.1 Å². The van der Waals surface area contributed by atoms with Crippen LogP contribution in [-0.2, 0) is 4.79 Å². The van der Waals surface area contributed by atoms with Crippen molar-refractivity contribution < 1.29 is 27.9 Å². The van der Waals surface area contributed by atoms with Gasteiger partial charge in [0.05, 0.1) is 10.6 Å². The van der Waals surface area contributed by atoms with Gasteiger partial charge in [-0.15, -0.1) is 0 Å². The topological polar surface area (TPSA) is 104 Å². The minimum Gasteiger partial charge on any atom is -0.475 e. The molecule has 1 aromatic carbocycles. The molecule has 134 valence electrons. The van der Waals surface area contributed by atoms with Crippen molar-refractivity contribution in [2.24, 2.45) is 5.73 Å². The fourth-order valence-electron chi connectivity index (χ4n) is 2.01. The summed E-state index contributed by atoms with van der Waals surface area (Å²) in [5.41, 5.74) is 6.50. The number of halogens is 4. The number of carbonyl (C=O) groups is 2. The van der Waals surface area contributed by atoms with Crippen molar-refractivity contribution in [2.45, 2.75) is 25.1 Å². The maximum absolute atomic E-state index is 11.0. The standard InChI is InChI=1S/C12H16ClN3O.C2HF3O2/c13-11-7-9(1-2-10(11)12(14)17)16-8-3-5-15-6-4-8;3-2(4,5)1(6)7/h1-2,7-8,15-16H,3-6H2,(H2,14,17);(H,6,7). The summed E-state index contributed by atoms with van der Waals surface area (Å²) in [4.78, 5) is 19.9. The second-order valence-electron chi connectivity index (χ2n) is 5.03. The Kier molecular flexibility index (Phi) is 7.30. The molecule has 1 heterocycles. The van der Waals surface area contributed by atoms with Gasteiger partial charge in [-0.05, 0) is 44.1 Å². The van der Waals surface area contributed by atoms with E-state index in [0.29, 0.717) is 16.6 Å². The van der Waals surface area contributed by atoms with Gasteiger partial charge >= 0.3 is 12.1 Å². The highest BCUT2D eigenvalue weighted by atomic mass is 35.5. The van der Waals surface area contributed by atoms with Gasteiger partial charge in [-0.3, -0.25) is 4.79 Å². The van der Waals surface area contributed by atoms with Crippen LogP contribution in [0, 0.1) is 0 Å². The lowest BCUT2D eigenvalue weighted by Gasteiger charge is -2.24. The normalized spacial score (nSPS) is 15.2. The first kappa shape index (κ1) is 20.0. The van der Waals surface area contributed by atoms with Crippen molar-refractivity contribution in [2.75, 3.05) is 18.4 Å². The Bertz CT molecular complexity index is 590. The number of carbonyl (C=O) groups excluding carboxylic acids is 1. The molecule has 1 aliphatic heterocycles. The molecule has 0 aromatic heterocycles. The summed E-state index contributed by atoms with van der Waals surface area (Å²) in [6.45, 7) is 2.07. The lowest BCUT2D eigenvalue weighted by molar-refractivity contribution is -0.192. The van der Waals surface area contributed by atoms with E-state index in [1.165, 1.54) is 0 Å². The molecule has 1 saturated heterocycles. The molecule has 10 heteroatoms. The molecule has 0 radical (unpaired) electrons. The quantitative estimate of drug-likeness (QED) is 0.656. The van der Waals surface area contributed by atoms with Crippen LogP contribution in [0.25, 0.3) is 0 Å². The fourth-order valence-corrected chi connectivity index (χ4v) is 2.28. The molecule has 1 aromatic rings. The first-order valence-corrected chi connectivity index (χ1v) is 7.35. The molecule has 1 fully saturated rings. The van der Waals surface area contributed by atoms with Gasteiger partial charge < -0.3 is 21.5 Å². The molecule has 5 N–H and O–H groups in total. The minimum atomic E-state index is -5.08. The summed E-state index contributed by atoms with van der Waals surface area (Å²) < 4.78 is 31.7. The SMILES string of the molecule is NC(=O)c1ccc(NC2CCNCC2)cc1Cl.O=C(O)C(F)(F)F. The summed E-state index contributed by atoms with van der Waals surface area (Å²) in [7, 11) is 0. The van der Waals surface area contributed by atoms with E-state index in [4.69, 9.17) is 27.2 Å². The predicted octanol–water partition coefficient (Wildman–Crippen LogP) is 2.24. The number of nitrogens with two attached hydrogens (primary N) is 1. The second kappa shape index (κ2) is 8.74. The van der Waals surface area contributed by atoms with Crippen molar-refractivity contribution in [3.05, 3.63) is 28.8 Å². The van der Waals surface area contributed by atoms with Crippen molar-refractivity contribution >= 4 is 29.2 Å². The van der Waals surface area contributed by atoms with E-state index in [2.05, 4.69) is 10.6 Å². The van der Waals surface area contributed by atoms with Crippen molar-refractivity contribution in [1.29, 1.82) is 0 Å². The lowest BCUT2D eigenvalue weighted by Crippen LogP contribution is -2.35. The number of anilines is 1. The molecular weight excluding hydrogens is 351 g/mol. The Morgan fingerprint density at radius 2 is 1.83 bits per heavy atom. The van der Waals surface area contributed by atoms with E-state index >= 15 is 0 Å². The monoisotopic (exact) mass is 367 g/mol. The van der Waals surface area contributed by atoms with E-state index in [1.807, 2.05) is 6.07 Å². The number of nitrogens with one attached hydrogen (secondary N) is 2. The van der Waals surface area contributed by atoms with Crippen molar-refractivity contribution in [3.8, 4) is 0 Å². The molecule has 2 rings (SSSR count). The van der Waals surface area contributed by atoms with Gasteiger partial charge in [-0.1, -0.05) is 11.6 Å². The molecule has 24 heavy (non-hydrogen) atoms. The third-order valence-corrected chi connectivity index (χ3v) is 3.50. The van der Waals surface area contributed by atoms with Gasteiger partial charge in [-0.25, -0.2) is 4.79 Å². The highest BCUT2D eigenvalue weighted by Gasteiger charge is 2.38. The number of piperidine rings is 1. The molecular formula is C14H17ClF3N3O3. The van der Waals surface area contributed by atoms with Crippen LogP contribution in [0.15, 0.2) is 18.2 Å². The van der Waals surface area contributed by atoms with Gasteiger partial charge in [0.2, 0.25) is 5.91 Å². The van der Waals surface area contributed by atoms with Gasteiger partial charge in [-0.2, -0.15) is 13.2 Å². The fraction of sp³-hybridized carbons (Fsp3) is 0.429. The number of amides is 1. The number of carboxylic acids is 1. The van der Waals surface area contributed by atoms with E-state index in [9.17, 15) is 18.0 Å². The molecule has 0 bridgehead atoms. The number of benzene rings is 1. The third kappa shape index (κ3) is 6.63. The Balaban J connectivity index is 0.000000351. The van der Waals surface area contributed by atoms with Crippen molar-refractivity contribution in [1.82, 2.24) is 5.32 Å². The number of alkyl halides is 3. The third-order valence-electron chi connectivity index (χ3n) is 3.19. The predicted molar refractivity (Wildman–Crippen MR) is 83.2 cm³/mol. The van der Waals surface area contributed by atoms with Crippen LogP contribution in [0.2, 0.25) is 5.02 Å². The number of hydrogen-bond donors (Lipinski definition) is 4. The number of carboxylic acid groups (broad SMARTS) is 1. The molecule has 1 amide bonds. The lowest BCUT2D eigenvalue weighted by atomic mass is 10.1. The molecule has 6 nitrogen and oxygen atoms in total. The highest BCUT2D eigenvalue weighted by Crippen LogP contribution is 2.22. The minimum absolute atomic E-state index is 0.363. The summed E-state index contributed by atoms with van der Waals surface area (Å²) >= 11 is 5.99. The van der Waals surface area contributed by atoms with Gasteiger partial charge in [0, 0.05) is 11.7 Å². The molecule has 0 aliphatic carbocycles. The number of rotatable bonds is 3. The first-order valence-electron chi connectivity index (χ1n) is 6.98. The maximum Gasteiger partial charge on any atom is 0.490 e. The highest BCUT2D eigenvalue weighted by molar-refractivity contribution is 6.34. The number of aliphatic carboxylic acids is 1. The van der Waals surface area contributed by atoms with E-state index in [1.54, 1.807) is 12.1 Å². The van der Waals surface area contributed by atoms with Crippen LogP contribution in [0.5, 0.6) is 0 Å². The molecule has 0 spiro atoms. The smallest absolute Gasteiger partial charge is 0.475 e. The van der Waals surface area contributed by atoms with Crippen LogP contribution in [0.4, 0.5) is 18.9 Å². The van der Waals surface area contributed by atoms with E-state index in [-0.39, 0.29) is 0 Å². The van der Waals surface area contributed by atoms with Crippen LogP contribution in [0.1, 0.15) is 23.2 Å². The molecule has 1 aliphatic rings. The Hall–Kier alpha value is -2.00. The zero-order valence-corrected chi connectivity index (χ0v) is 13.2. The van der Waals surface area contributed by atoms with Crippen LogP contribution < -0.4 is 16.4 Å². The average molecular weight is 368 g/mol. The summed E-state index contributed by atoms with van der Waals surface area (Å²) in [6, 6.07) is 5.72. The molecule has 0 unspecified atom stereocenters. The van der Waals surface area contributed by atoms with Crippen LogP contribution in [-0.4, -0.2) is 42.3 Å². The second-order valence-corrected chi connectivity index (χ2v) is 5.44. The van der Waals surface area contributed by atoms with Gasteiger partial charge in [0.25, 0.3) is 0 Å². The van der Waals surface area contributed by atoms with Gasteiger partial charge in [0.15, 0.2) is 0 Å². The molecule has 0 atom stereocenters. The maximum atomic E-state index is 11.0. The van der Waals surface area contributed by atoms with Crippen molar-refractivity contribution in [3.63, 3.8) is 0 Å². The largest absolute Gasteiger partial charge is 0.490 e. The van der Waals surface area contributed by atoms with Gasteiger partial charge in [0.1, 0.15) is 0 Å². The van der Waals surface area contributed by atoms with Crippen LogP contribution >= 0.6 is 11.6 Å². The zero-order chi connectivity index (χ0) is 18.3. The summed E-state index contributed by atoms with van der Waals surface area (Å²) in [5, 5.41) is 14.2. The number of primary amides is 1. The average Bonchev–Trinajstić information content (AvgIpc) is 2.47. The van der Waals surface area contributed by atoms with Crippen LogP contribution in [0.3, 0.4) is 0 Å². The summed E-state index contributed by atoms with van der Waals surface area (Å²) in [5.74, 6) is -3.25. The molecule has 0 saturated carbocycles. The Morgan fingerprint density at radius 3 is 2.25 bits per heavy atom. The van der Waals surface area contributed by atoms with E-state index in [0.717, 1.165) is 31.6 Å². The summed E-state index contributed by atoms with van der Waals surface area (Å²) in [6.07, 6.45) is -2.90.